The molecule has 0 fully saturated rings. The molecule has 26 heavy (non-hydrogen) atoms. The van der Waals surface area contributed by atoms with E-state index in [9.17, 15) is 4.79 Å². The van der Waals surface area contributed by atoms with Crippen LogP contribution in [0.2, 0.25) is 5.02 Å². The van der Waals surface area contributed by atoms with Gasteiger partial charge in [-0.05, 0) is 49.4 Å². The van der Waals surface area contributed by atoms with E-state index in [0.29, 0.717) is 22.3 Å². The van der Waals surface area contributed by atoms with Gasteiger partial charge in [0.15, 0.2) is 11.4 Å². The monoisotopic (exact) mass is 367 g/mol. The zero-order valence-electron chi connectivity index (χ0n) is 13.8. The van der Waals surface area contributed by atoms with Crippen LogP contribution in [-0.2, 0) is 4.74 Å². The van der Waals surface area contributed by atoms with Gasteiger partial charge in [-0.15, -0.1) is 0 Å². The molecule has 0 saturated heterocycles. The van der Waals surface area contributed by atoms with Crippen LogP contribution in [0, 0.1) is 6.57 Å². The Morgan fingerprint density at radius 1 is 1.31 bits per heavy atom. The Hall–Kier alpha value is -3.37. The molecule has 7 nitrogen and oxygen atoms in total. The lowest BCUT2D eigenvalue weighted by Crippen LogP contribution is -2.07. The molecule has 0 aliphatic carbocycles. The van der Waals surface area contributed by atoms with Crippen molar-refractivity contribution in [2.24, 2.45) is 0 Å². The largest absolute Gasteiger partial charge is 0.461 e. The van der Waals surface area contributed by atoms with E-state index < -0.39 is 5.97 Å². The van der Waals surface area contributed by atoms with Crippen molar-refractivity contribution in [3.8, 4) is 5.82 Å². The Kier molecular flexibility index (Phi) is 5.15. The van der Waals surface area contributed by atoms with Crippen LogP contribution in [0.4, 0.5) is 17.2 Å². The highest BCUT2D eigenvalue weighted by atomic mass is 35.5. The third-order valence-corrected chi connectivity index (χ3v) is 3.60. The van der Waals surface area contributed by atoms with Gasteiger partial charge in [0, 0.05) is 16.9 Å². The third kappa shape index (κ3) is 3.99. The molecule has 0 atom stereocenters. The molecule has 1 N–H and O–H groups in total. The van der Waals surface area contributed by atoms with Crippen molar-refractivity contribution < 1.29 is 9.53 Å². The minimum absolute atomic E-state index is 0.175. The number of anilines is 2. The predicted octanol–water partition coefficient (Wildman–Crippen LogP) is 4.39. The zero-order chi connectivity index (χ0) is 18.5. The normalized spacial score (nSPS) is 10.2. The number of benzene rings is 1. The van der Waals surface area contributed by atoms with Crippen LogP contribution in [0.3, 0.4) is 0 Å². The number of hydrogen-bond acceptors (Lipinski definition) is 5. The van der Waals surface area contributed by atoms with Crippen molar-refractivity contribution in [3.05, 3.63) is 70.8 Å². The molecule has 8 heteroatoms. The number of halogens is 1. The number of pyridine rings is 1. The molecule has 130 valence electrons. The second kappa shape index (κ2) is 7.68. The summed E-state index contributed by atoms with van der Waals surface area (Å²) in [5, 5.41) is 7.91. The Morgan fingerprint density at radius 3 is 2.77 bits per heavy atom. The molecule has 0 saturated carbocycles. The fourth-order valence-electron chi connectivity index (χ4n) is 2.19. The Morgan fingerprint density at radius 2 is 2.08 bits per heavy atom. The van der Waals surface area contributed by atoms with Gasteiger partial charge in [0.1, 0.15) is 11.6 Å². The lowest BCUT2D eigenvalue weighted by Gasteiger charge is -2.09. The lowest BCUT2D eigenvalue weighted by atomic mass is 10.3. The van der Waals surface area contributed by atoms with E-state index in [0.717, 1.165) is 5.69 Å². The van der Waals surface area contributed by atoms with Crippen molar-refractivity contribution >= 4 is 34.8 Å². The molecule has 0 amide bonds. The van der Waals surface area contributed by atoms with E-state index >= 15 is 0 Å². The number of aromatic nitrogens is 3. The van der Waals surface area contributed by atoms with Crippen molar-refractivity contribution in [1.29, 1.82) is 0 Å². The minimum Gasteiger partial charge on any atom is -0.461 e. The molecular weight excluding hydrogens is 354 g/mol. The Bertz CT molecular complexity index is 976. The zero-order valence-corrected chi connectivity index (χ0v) is 14.6. The molecule has 0 unspecified atom stereocenters. The lowest BCUT2D eigenvalue weighted by molar-refractivity contribution is 0.0519. The second-order valence-electron chi connectivity index (χ2n) is 5.18. The van der Waals surface area contributed by atoms with Crippen LogP contribution >= 0.6 is 11.6 Å². The maximum Gasteiger partial charge on any atom is 0.358 e. The molecular formula is C18H14ClN5O2. The number of hydrogen-bond donors (Lipinski definition) is 1. The summed E-state index contributed by atoms with van der Waals surface area (Å²) in [6, 6.07) is 11.9. The van der Waals surface area contributed by atoms with Gasteiger partial charge in [0.05, 0.1) is 13.2 Å². The predicted molar refractivity (Wildman–Crippen MR) is 98.3 cm³/mol. The van der Waals surface area contributed by atoms with E-state index in [1.807, 2.05) is 0 Å². The topological polar surface area (TPSA) is 73.4 Å². The van der Waals surface area contributed by atoms with Gasteiger partial charge in [-0.3, -0.25) is 0 Å². The molecule has 0 spiro atoms. The second-order valence-corrected chi connectivity index (χ2v) is 5.61. The van der Waals surface area contributed by atoms with Gasteiger partial charge in [-0.25, -0.2) is 19.3 Å². The highest BCUT2D eigenvalue weighted by Crippen LogP contribution is 2.24. The summed E-state index contributed by atoms with van der Waals surface area (Å²) in [5.74, 6) is 0.376. The van der Waals surface area contributed by atoms with Gasteiger partial charge >= 0.3 is 5.97 Å². The van der Waals surface area contributed by atoms with Crippen LogP contribution in [0.5, 0.6) is 0 Å². The molecule has 2 aromatic heterocycles. The number of esters is 1. The summed E-state index contributed by atoms with van der Waals surface area (Å²) in [6.07, 6.45) is 1.59. The number of carbonyl (C=O) groups excluding carboxylic acids is 1. The SMILES string of the molecule is [C-]#[N+]c1cc(Nc2ccc(Cl)cc2)nc(-n2ccc(C(=O)OCC)n2)c1. The molecule has 2 heterocycles. The first-order valence-electron chi connectivity index (χ1n) is 7.74. The van der Waals surface area contributed by atoms with E-state index in [4.69, 9.17) is 22.9 Å². The summed E-state index contributed by atoms with van der Waals surface area (Å²) >= 11 is 5.89. The van der Waals surface area contributed by atoms with Crippen molar-refractivity contribution in [2.45, 2.75) is 6.92 Å². The average molecular weight is 368 g/mol. The van der Waals surface area contributed by atoms with Crippen molar-refractivity contribution in [3.63, 3.8) is 0 Å². The van der Waals surface area contributed by atoms with Crippen molar-refractivity contribution in [2.75, 3.05) is 11.9 Å². The number of nitrogens with zero attached hydrogens (tertiary/aromatic N) is 4. The van der Waals surface area contributed by atoms with Gasteiger partial charge in [-0.1, -0.05) is 11.6 Å². The fraction of sp³-hybridized carbons (Fsp3) is 0.111. The summed E-state index contributed by atoms with van der Waals surface area (Å²) in [4.78, 5) is 19.7. The van der Waals surface area contributed by atoms with E-state index in [1.165, 1.54) is 10.7 Å². The van der Waals surface area contributed by atoms with Crippen LogP contribution in [0.15, 0.2) is 48.7 Å². The maximum atomic E-state index is 11.8. The summed E-state index contributed by atoms with van der Waals surface area (Å²) in [6.45, 7) is 9.28. The number of ether oxygens (including phenoxy) is 1. The molecule has 0 aliphatic heterocycles. The molecule has 0 radical (unpaired) electrons. The minimum atomic E-state index is -0.507. The highest BCUT2D eigenvalue weighted by molar-refractivity contribution is 6.30. The van der Waals surface area contributed by atoms with Gasteiger partial charge < -0.3 is 10.1 Å². The van der Waals surface area contributed by atoms with E-state index in [-0.39, 0.29) is 12.3 Å². The molecule has 0 aliphatic rings. The quantitative estimate of drug-likeness (QED) is 0.534. The molecule has 3 aromatic rings. The summed E-state index contributed by atoms with van der Waals surface area (Å²) in [5.41, 5.74) is 1.34. The maximum absolute atomic E-state index is 11.8. The van der Waals surface area contributed by atoms with Crippen LogP contribution in [0.1, 0.15) is 17.4 Å². The highest BCUT2D eigenvalue weighted by Gasteiger charge is 2.12. The first-order chi connectivity index (χ1) is 12.6. The van der Waals surface area contributed by atoms with Gasteiger partial charge in [0.2, 0.25) is 0 Å². The van der Waals surface area contributed by atoms with Crippen molar-refractivity contribution in [1.82, 2.24) is 14.8 Å². The average Bonchev–Trinajstić information content (AvgIpc) is 3.14. The Balaban J connectivity index is 1.91. The number of nitrogens with one attached hydrogen (secondary N) is 1. The molecule has 1 aromatic carbocycles. The van der Waals surface area contributed by atoms with E-state index in [1.54, 1.807) is 49.5 Å². The van der Waals surface area contributed by atoms with E-state index in [2.05, 4.69) is 20.2 Å². The van der Waals surface area contributed by atoms with Gasteiger partial charge in [-0.2, -0.15) is 5.10 Å². The van der Waals surface area contributed by atoms with Crippen LogP contribution in [-0.4, -0.2) is 27.3 Å². The number of carbonyl (C=O) groups is 1. The Labute approximate surface area is 155 Å². The first kappa shape index (κ1) is 17.5. The third-order valence-electron chi connectivity index (χ3n) is 3.35. The van der Waals surface area contributed by atoms with Gasteiger partial charge in [0.25, 0.3) is 0 Å². The van der Waals surface area contributed by atoms with Crippen LogP contribution < -0.4 is 5.32 Å². The summed E-state index contributed by atoms with van der Waals surface area (Å²) in [7, 11) is 0. The summed E-state index contributed by atoms with van der Waals surface area (Å²) < 4.78 is 6.35. The fourth-order valence-corrected chi connectivity index (χ4v) is 2.32. The molecule has 3 rings (SSSR count). The smallest absolute Gasteiger partial charge is 0.358 e. The molecule has 0 bridgehead atoms. The first-order valence-corrected chi connectivity index (χ1v) is 8.12. The number of rotatable bonds is 5. The van der Waals surface area contributed by atoms with Crippen LogP contribution in [0.25, 0.3) is 10.7 Å². The standard InChI is InChI=1S/C18H14ClN5O2/c1-3-26-18(25)15-8-9-24(23-15)17-11-14(20-2)10-16(22-17)21-13-6-4-12(19)5-7-13/h4-11H,3H2,1H3,(H,21,22).